The van der Waals surface area contributed by atoms with Crippen molar-refractivity contribution >= 4 is 27.7 Å². The number of hydrogen-bond acceptors (Lipinski definition) is 2. The summed E-state index contributed by atoms with van der Waals surface area (Å²) in [5, 5.41) is 12.1. The number of fused-ring (bicyclic) bond motifs is 3. The number of hydrogen-bond donors (Lipinski definition) is 1. The Labute approximate surface area is 116 Å². The lowest BCUT2D eigenvalue weighted by Gasteiger charge is -2.08. The van der Waals surface area contributed by atoms with E-state index in [-0.39, 0.29) is 11.7 Å². The maximum atomic E-state index is 12.1. The van der Waals surface area contributed by atoms with Crippen molar-refractivity contribution in [2.75, 3.05) is 0 Å². The Morgan fingerprint density at radius 2 is 2.00 bits per heavy atom. The van der Waals surface area contributed by atoms with Crippen LogP contribution in [0.3, 0.4) is 0 Å². The number of carbonyl (C=O) groups excluding carboxylic acids is 1. The highest BCUT2D eigenvalue weighted by Crippen LogP contribution is 2.35. The van der Waals surface area contributed by atoms with Crippen molar-refractivity contribution in [3.63, 3.8) is 0 Å². The number of allylic oxidation sites excluding steroid dienone is 1. The minimum atomic E-state index is -0.0629. The van der Waals surface area contributed by atoms with Gasteiger partial charge in [-0.1, -0.05) is 24.3 Å². The number of aromatic nitrogens is 1. The smallest absolute Gasteiger partial charge is 0.228 e. The van der Waals surface area contributed by atoms with E-state index in [1.165, 1.54) is 6.92 Å². The Morgan fingerprint density at radius 1 is 1.25 bits per heavy atom. The van der Waals surface area contributed by atoms with E-state index >= 15 is 0 Å². The Balaban J connectivity index is 2.60. The quantitative estimate of drug-likeness (QED) is 0.714. The van der Waals surface area contributed by atoms with Crippen LogP contribution in [0.1, 0.15) is 17.3 Å². The predicted octanol–water partition coefficient (Wildman–Crippen LogP) is 3.89. The molecule has 0 amide bonds. The molecule has 0 aliphatic carbocycles. The molecular formula is C17H15NO2. The van der Waals surface area contributed by atoms with Crippen LogP contribution in [0.4, 0.5) is 0 Å². The predicted molar refractivity (Wildman–Crippen MR) is 81.3 cm³/mol. The van der Waals surface area contributed by atoms with Crippen LogP contribution in [0.15, 0.2) is 49.1 Å². The van der Waals surface area contributed by atoms with Crippen LogP contribution in [0.25, 0.3) is 21.8 Å². The standard InChI is InChI=1S/C17H15NO2/c1-3-6-14-16(20)10-9-13-12-7-4-5-8-15(12)18(11(2)19)17(13)14/h3-5,7-10,20H,1,6H2,2H3. The monoisotopic (exact) mass is 265 g/mol. The molecule has 3 aromatic rings. The molecule has 1 aromatic heterocycles. The highest BCUT2D eigenvalue weighted by atomic mass is 16.3. The van der Waals surface area contributed by atoms with E-state index in [4.69, 9.17) is 0 Å². The van der Waals surface area contributed by atoms with E-state index in [0.717, 1.165) is 27.4 Å². The summed E-state index contributed by atoms with van der Waals surface area (Å²) in [6.07, 6.45) is 2.25. The van der Waals surface area contributed by atoms with Crippen LogP contribution in [0.2, 0.25) is 0 Å². The lowest BCUT2D eigenvalue weighted by molar-refractivity contribution is 0.0946. The van der Waals surface area contributed by atoms with Gasteiger partial charge in [-0.05, 0) is 24.6 Å². The van der Waals surface area contributed by atoms with Crippen molar-refractivity contribution in [3.05, 3.63) is 54.6 Å². The third-order valence-corrected chi connectivity index (χ3v) is 3.58. The van der Waals surface area contributed by atoms with Crippen molar-refractivity contribution in [2.45, 2.75) is 13.3 Å². The first-order valence-electron chi connectivity index (χ1n) is 6.51. The molecule has 3 nitrogen and oxygen atoms in total. The van der Waals surface area contributed by atoms with Crippen LogP contribution < -0.4 is 0 Å². The molecule has 0 saturated heterocycles. The topological polar surface area (TPSA) is 42.2 Å². The minimum absolute atomic E-state index is 0.0629. The van der Waals surface area contributed by atoms with Crippen LogP contribution in [-0.4, -0.2) is 15.6 Å². The van der Waals surface area contributed by atoms with Crippen LogP contribution >= 0.6 is 0 Å². The molecule has 100 valence electrons. The second kappa shape index (κ2) is 4.53. The molecular weight excluding hydrogens is 250 g/mol. The maximum absolute atomic E-state index is 12.1. The van der Waals surface area contributed by atoms with Gasteiger partial charge in [-0.15, -0.1) is 6.58 Å². The second-order valence-electron chi connectivity index (χ2n) is 4.82. The summed E-state index contributed by atoms with van der Waals surface area (Å²) in [6.45, 7) is 5.26. The molecule has 0 saturated carbocycles. The first kappa shape index (κ1) is 12.5. The van der Waals surface area contributed by atoms with Gasteiger partial charge in [-0.2, -0.15) is 0 Å². The van der Waals surface area contributed by atoms with E-state index in [1.807, 2.05) is 30.3 Å². The van der Waals surface area contributed by atoms with Crippen LogP contribution in [0.5, 0.6) is 5.75 Å². The molecule has 0 unspecified atom stereocenters. The molecule has 0 radical (unpaired) electrons. The van der Waals surface area contributed by atoms with Gasteiger partial charge < -0.3 is 5.11 Å². The van der Waals surface area contributed by atoms with Crippen molar-refractivity contribution in [3.8, 4) is 5.75 Å². The average Bonchev–Trinajstić information content (AvgIpc) is 2.77. The third-order valence-electron chi connectivity index (χ3n) is 3.58. The highest BCUT2D eigenvalue weighted by Gasteiger charge is 2.17. The first-order chi connectivity index (χ1) is 9.65. The molecule has 3 rings (SSSR count). The fourth-order valence-corrected chi connectivity index (χ4v) is 2.79. The number of nitrogens with zero attached hydrogens (tertiary/aromatic N) is 1. The Bertz CT molecular complexity index is 843. The van der Waals surface area contributed by atoms with Crippen molar-refractivity contribution in [1.29, 1.82) is 0 Å². The summed E-state index contributed by atoms with van der Waals surface area (Å²) in [6, 6.07) is 11.3. The zero-order valence-electron chi connectivity index (χ0n) is 11.3. The van der Waals surface area contributed by atoms with Gasteiger partial charge in [0.2, 0.25) is 5.91 Å². The fourth-order valence-electron chi connectivity index (χ4n) is 2.79. The molecule has 2 aromatic carbocycles. The fraction of sp³-hybridized carbons (Fsp3) is 0.118. The molecule has 0 spiro atoms. The van der Waals surface area contributed by atoms with Gasteiger partial charge in [0.1, 0.15) is 5.75 Å². The summed E-state index contributed by atoms with van der Waals surface area (Å²) < 4.78 is 1.67. The highest BCUT2D eigenvalue weighted by molar-refractivity contribution is 6.14. The van der Waals surface area contributed by atoms with Gasteiger partial charge in [0.15, 0.2) is 0 Å². The van der Waals surface area contributed by atoms with Gasteiger partial charge in [-0.3, -0.25) is 9.36 Å². The van der Waals surface area contributed by atoms with Crippen LogP contribution in [0, 0.1) is 0 Å². The number of benzene rings is 2. The van der Waals surface area contributed by atoms with Gasteiger partial charge in [0, 0.05) is 23.3 Å². The lowest BCUT2D eigenvalue weighted by atomic mass is 10.1. The number of phenolic OH excluding ortho intramolecular Hbond substituents is 1. The lowest BCUT2D eigenvalue weighted by Crippen LogP contribution is -2.06. The minimum Gasteiger partial charge on any atom is -0.508 e. The largest absolute Gasteiger partial charge is 0.508 e. The zero-order chi connectivity index (χ0) is 14.3. The summed E-state index contributed by atoms with van der Waals surface area (Å²) in [7, 11) is 0. The molecule has 0 atom stereocenters. The normalized spacial score (nSPS) is 11.1. The summed E-state index contributed by atoms with van der Waals surface area (Å²) >= 11 is 0. The van der Waals surface area contributed by atoms with E-state index in [0.29, 0.717) is 6.42 Å². The third kappa shape index (κ3) is 1.63. The van der Waals surface area contributed by atoms with Crippen molar-refractivity contribution in [2.24, 2.45) is 0 Å². The number of carbonyl (C=O) groups is 1. The number of rotatable bonds is 2. The average molecular weight is 265 g/mol. The maximum Gasteiger partial charge on any atom is 0.228 e. The second-order valence-corrected chi connectivity index (χ2v) is 4.82. The molecule has 1 N–H and O–H groups in total. The molecule has 0 aliphatic rings. The zero-order valence-corrected chi connectivity index (χ0v) is 11.3. The summed E-state index contributed by atoms with van der Waals surface area (Å²) in [5.74, 6) is 0.134. The van der Waals surface area contributed by atoms with Gasteiger partial charge >= 0.3 is 0 Å². The Morgan fingerprint density at radius 3 is 2.70 bits per heavy atom. The molecule has 0 bridgehead atoms. The van der Waals surface area contributed by atoms with Crippen LogP contribution in [-0.2, 0) is 6.42 Å². The van der Waals surface area contributed by atoms with Crippen molar-refractivity contribution < 1.29 is 9.90 Å². The first-order valence-corrected chi connectivity index (χ1v) is 6.51. The number of phenols is 1. The van der Waals surface area contributed by atoms with E-state index < -0.39 is 0 Å². The van der Waals surface area contributed by atoms with Gasteiger partial charge in [0.25, 0.3) is 0 Å². The molecule has 1 heterocycles. The molecule has 3 heteroatoms. The number of para-hydroxylation sites is 1. The van der Waals surface area contributed by atoms with E-state index in [2.05, 4.69) is 6.58 Å². The molecule has 0 aliphatic heterocycles. The SMILES string of the molecule is C=CCc1c(O)ccc2c3ccccc3n(C(C)=O)c12. The molecule has 20 heavy (non-hydrogen) atoms. The Kier molecular flexibility index (Phi) is 2.83. The van der Waals surface area contributed by atoms with E-state index in [9.17, 15) is 9.90 Å². The molecule has 0 fully saturated rings. The Hall–Kier alpha value is -2.55. The van der Waals surface area contributed by atoms with E-state index in [1.54, 1.807) is 16.7 Å². The van der Waals surface area contributed by atoms with Gasteiger partial charge in [0.05, 0.1) is 11.0 Å². The summed E-state index contributed by atoms with van der Waals surface area (Å²) in [5.41, 5.74) is 2.38. The number of aromatic hydroxyl groups is 1. The van der Waals surface area contributed by atoms with Crippen molar-refractivity contribution in [1.82, 2.24) is 4.57 Å². The summed E-state index contributed by atoms with van der Waals surface area (Å²) in [4.78, 5) is 12.1. The van der Waals surface area contributed by atoms with Gasteiger partial charge in [-0.25, -0.2) is 0 Å².